The van der Waals surface area contributed by atoms with E-state index in [1.54, 1.807) is 26.3 Å². The quantitative estimate of drug-likeness (QED) is 0.484. The molecule has 5 rings (SSSR count). The zero-order valence-electron chi connectivity index (χ0n) is 23.9. The van der Waals surface area contributed by atoms with Gasteiger partial charge < -0.3 is 25.0 Å². The fourth-order valence-corrected chi connectivity index (χ4v) is 6.37. The van der Waals surface area contributed by atoms with Gasteiger partial charge in [0.2, 0.25) is 0 Å². The van der Waals surface area contributed by atoms with Crippen molar-refractivity contribution in [2.24, 2.45) is 4.99 Å². The lowest BCUT2D eigenvalue weighted by Gasteiger charge is -2.42. The first-order chi connectivity index (χ1) is 19.8. The van der Waals surface area contributed by atoms with Gasteiger partial charge in [0.25, 0.3) is 0 Å². The third-order valence-corrected chi connectivity index (χ3v) is 8.68. The highest BCUT2D eigenvalue weighted by Crippen LogP contribution is 2.37. The van der Waals surface area contributed by atoms with Crippen LogP contribution in [0.2, 0.25) is 0 Å². The van der Waals surface area contributed by atoms with Gasteiger partial charge in [0.1, 0.15) is 12.1 Å². The first-order valence-corrected chi connectivity index (χ1v) is 14.3. The Morgan fingerprint density at radius 3 is 2.60 bits per heavy atom. The lowest BCUT2D eigenvalue weighted by molar-refractivity contribution is -0.147. The Bertz CT molecular complexity index is 1490. The van der Waals surface area contributed by atoms with Crippen molar-refractivity contribution in [3.05, 3.63) is 62.7 Å². The van der Waals surface area contributed by atoms with Gasteiger partial charge in [-0.25, -0.2) is 23.4 Å². The summed E-state index contributed by atoms with van der Waals surface area (Å²) < 4.78 is 33.9. The highest BCUT2D eigenvalue weighted by Gasteiger charge is 2.52. The molecule has 0 aliphatic carbocycles. The van der Waals surface area contributed by atoms with Crippen LogP contribution in [0.4, 0.5) is 13.6 Å². The van der Waals surface area contributed by atoms with Gasteiger partial charge in [-0.2, -0.15) is 0 Å². The second-order valence-corrected chi connectivity index (χ2v) is 12.3. The summed E-state index contributed by atoms with van der Waals surface area (Å²) >= 11 is 1.29. The molecular formula is C28H32F2N6O5S. The van der Waals surface area contributed by atoms with Crippen LogP contribution in [0, 0.1) is 18.6 Å². The van der Waals surface area contributed by atoms with Gasteiger partial charge in [-0.15, -0.1) is 11.3 Å². The van der Waals surface area contributed by atoms with E-state index in [2.05, 4.69) is 15.3 Å². The Balaban J connectivity index is 1.59. The van der Waals surface area contributed by atoms with E-state index in [0.717, 1.165) is 6.07 Å². The number of piperazine rings is 1. The number of thiazole rings is 1. The molecule has 11 nitrogen and oxygen atoms in total. The molecule has 3 aliphatic heterocycles. The molecule has 3 aliphatic rings. The number of aliphatic carboxylic acids is 1. The molecule has 1 aromatic heterocycles. The molecule has 0 saturated carbocycles. The molecule has 2 amide bonds. The van der Waals surface area contributed by atoms with Crippen LogP contribution in [0.5, 0.6) is 0 Å². The van der Waals surface area contributed by atoms with Crippen molar-refractivity contribution in [2.45, 2.75) is 51.4 Å². The summed E-state index contributed by atoms with van der Waals surface area (Å²) in [7, 11) is 1.20. The predicted octanol–water partition coefficient (Wildman–Crippen LogP) is 2.92. The number of carboxylic acids is 1. The zero-order valence-corrected chi connectivity index (χ0v) is 24.7. The Hall–Kier alpha value is -3.91. The van der Waals surface area contributed by atoms with E-state index >= 15 is 0 Å². The summed E-state index contributed by atoms with van der Waals surface area (Å²) in [5.41, 5.74) is 0.0746. The first kappa shape index (κ1) is 29.6. The standard InChI is InChI=1S/C28H32F2N6O5S/c1-14-15(6-7-16(29)20(14)30)21-19(26(39)41-5)17(32-23(33-21)24-31-8-11-42-24)12-34-9-10-35-18(22(34)25(37)38)13-36(27(35)40)28(2,3)4/h6-8,11,18,21-22H,9-10,12-13H2,1-5H3,(H,32,33)(H,37,38)/t18-,21+,22+/m1/s1. The molecule has 3 atom stereocenters. The van der Waals surface area contributed by atoms with Crippen LogP contribution in [0.1, 0.15) is 42.9 Å². The SMILES string of the molecule is COC(=O)C1=C(CN2CCN3C(=O)N(C(C)(C)C)C[C@@H]3[C@H]2C(=O)O)NC(c2nccs2)=N[C@H]1c1ccc(F)c(F)c1C. The second kappa shape index (κ2) is 11.1. The van der Waals surface area contributed by atoms with Crippen LogP contribution in [0.25, 0.3) is 0 Å². The average Bonchev–Trinajstić information content (AvgIpc) is 3.59. The number of esters is 1. The Labute approximate surface area is 245 Å². The van der Waals surface area contributed by atoms with E-state index in [1.807, 2.05) is 20.8 Å². The number of ether oxygens (including phenoxy) is 1. The number of hydrogen-bond donors (Lipinski definition) is 2. The van der Waals surface area contributed by atoms with Crippen LogP contribution >= 0.6 is 11.3 Å². The van der Waals surface area contributed by atoms with Gasteiger partial charge in [0.15, 0.2) is 22.5 Å². The Morgan fingerprint density at radius 1 is 1.24 bits per heavy atom. The summed E-state index contributed by atoms with van der Waals surface area (Å²) in [6, 6.07) is -0.645. The summed E-state index contributed by atoms with van der Waals surface area (Å²) in [6.45, 7) is 7.80. The molecule has 1 aromatic carbocycles. The third-order valence-electron chi connectivity index (χ3n) is 7.90. The van der Waals surface area contributed by atoms with Crippen molar-refractivity contribution < 1.29 is 33.0 Å². The maximum Gasteiger partial charge on any atom is 0.338 e. The van der Waals surface area contributed by atoms with Gasteiger partial charge >= 0.3 is 18.0 Å². The fraction of sp³-hybridized carbons (Fsp3) is 0.464. The number of aromatic nitrogens is 1. The number of methoxy groups -OCH3 is 1. The van der Waals surface area contributed by atoms with Crippen LogP contribution in [0.3, 0.4) is 0 Å². The van der Waals surface area contributed by atoms with E-state index in [4.69, 9.17) is 4.74 Å². The summed E-state index contributed by atoms with van der Waals surface area (Å²) in [4.78, 5) is 53.1. The molecule has 42 heavy (non-hydrogen) atoms. The maximum absolute atomic E-state index is 14.7. The van der Waals surface area contributed by atoms with Crippen LogP contribution < -0.4 is 5.32 Å². The number of halogens is 2. The molecule has 4 heterocycles. The lowest BCUT2D eigenvalue weighted by atomic mass is 9.91. The van der Waals surface area contributed by atoms with E-state index in [-0.39, 0.29) is 42.4 Å². The predicted molar refractivity (Wildman–Crippen MR) is 150 cm³/mol. The van der Waals surface area contributed by atoms with Crippen molar-refractivity contribution in [1.29, 1.82) is 0 Å². The molecule has 0 unspecified atom stereocenters. The van der Waals surface area contributed by atoms with Crippen LogP contribution in [-0.2, 0) is 14.3 Å². The Morgan fingerprint density at radius 2 is 1.98 bits per heavy atom. The number of carboxylic acid groups (broad SMARTS) is 1. The number of amidine groups is 1. The number of urea groups is 1. The minimum absolute atomic E-state index is 0.0198. The van der Waals surface area contributed by atoms with Crippen molar-refractivity contribution in [1.82, 2.24) is 25.0 Å². The third kappa shape index (κ3) is 5.13. The molecule has 2 saturated heterocycles. The molecule has 2 N–H and O–H groups in total. The molecule has 0 spiro atoms. The minimum atomic E-state index is -1.11. The second-order valence-electron chi connectivity index (χ2n) is 11.4. The molecular weight excluding hydrogens is 570 g/mol. The number of carbonyl (C=O) groups excluding carboxylic acids is 2. The largest absolute Gasteiger partial charge is 0.480 e. The van der Waals surface area contributed by atoms with E-state index in [1.165, 1.54) is 31.4 Å². The number of aliphatic imine (C=N–C) groups is 1. The Kier molecular flexibility index (Phi) is 7.79. The van der Waals surface area contributed by atoms with Gasteiger partial charge in [0, 0.05) is 49.0 Å². The smallest absolute Gasteiger partial charge is 0.338 e. The van der Waals surface area contributed by atoms with Crippen molar-refractivity contribution in [3.8, 4) is 0 Å². The van der Waals surface area contributed by atoms with Crippen molar-refractivity contribution in [3.63, 3.8) is 0 Å². The number of nitrogens with one attached hydrogen (secondary N) is 1. The number of fused-ring (bicyclic) bond motifs is 1. The maximum atomic E-state index is 14.7. The molecule has 2 fully saturated rings. The number of carbonyl (C=O) groups is 3. The van der Waals surface area contributed by atoms with Gasteiger partial charge in [-0.3, -0.25) is 14.7 Å². The molecule has 2 aromatic rings. The minimum Gasteiger partial charge on any atom is -0.480 e. The lowest BCUT2D eigenvalue weighted by Crippen LogP contribution is -2.62. The van der Waals surface area contributed by atoms with Crippen molar-refractivity contribution >= 4 is 35.1 Å². The molecule has 0 bridgehead atoms. The topological polar surface area (TPSA) is 128 Å². The number of amides is 2. The van der Waals surface area contributed by atoms with Crippen LogP contribution in [0.15, 0.2) is 40.0 Å². The molecule has 14 heteroatoms. The molecule has 0 radical (unpaired) electrons. The monoisotopic (exact) mass is 602 g/mol. The number of hydrogen-bond acceptors (Lipinski definition) is 9. The number of benzene rings is 1. The summed E-state index contributed by atoms with van der Waals surface area (Å²) in [6.07, 6.45) is 1.58. The zero-order chi connectivity index (χ0) is 30.5. The number of rotatable bonds is 6. The summed E-state index contributed by atoms with van der Waals surface area (Å²) in [5, 5.41) is 15.8. The highest BCUT2D eigenvalue weighted by molar-refractivity contribution is 7.11. The van der Waals surface area contributed by atoms with Crippen LogP contribution in [-0.4, -0.2) is 99.5 Å². The van der Waals surface area contributed by atoms with Gasteiger partial charge in [0.05, 0.1) is 18.7 Å². The van der Waals surface area contributed by atoms with Crippen molar-refractivity contribution in [2.75, 3.05) is 33.3 Å². The van der Waals surface area contributed by atoms with E-state index in [9.17, 15) is 28.3 Å². The van der Waals surface area contributed by atoms with E-state index in [0.29, 0.717) is 23.1 Å². The summed E-state index contributed by atoms with van der Waals surface area (Å²) in [5.74, 6) is -3.66. The van der Waals surface area contributed by atoms with E-state index < -0.39 is 47.2 Å². The van der Waals surface area contributed by atoms with Gasteiger partial charge in [-0.1, -0.05) is 6.07 Å². The number of nitrogens with zero attached hydrogens (tertiary/aromatic N) is 5. The highest BCUT2D eigenvalue weighted by atomic mass is 32.1. The molecule has 224 valence electrons. The normalized spacial score (nSPS) is 23.1. The first-order valence-electron chi connectivity index (χ1n) is 13.4. The van der Waals surface area contributed by atoms with Gasteiger partial charge in [-0.05, 0) is 44.9 Å². The average molecular weight is 603 g/mol. The fourth-order valence-electron chi connectivity index (χ4n) is 5.78.